The van der Waals surface area contributed by atoms with Gasteiger partial charge in [0.25, 0.3) is 0 Å². The van der Waals surface area contributed by atoms with Crippen LogP contribution >= 0.6 is 34.3 Å². The highest BCUT2D eigenvalue weighted by Crippen LogP contribution is 2.35. The van der Waals surface area contributed by atoms with Gasteiger partial charge in [-0.15, -0.1) is 22.7 Å². The smallest absolute Gasteiger partial charge is 0.416 e. The highest BCUT2D eigenvalue weighted by molar-refractivity contribution is 7.84. The van der Waals surface area contributed by atoms with E-state index in [1.165, 1.54) is 47.7 Å². The number of amides is 3. The Morgan fingerprint density at radius 3 is 2.06 bits per heavy atom. The van der Waals surface area contributed by atoms with Crippen molar-refractivity contribution in [2.45, 2.75) is 77.9 Å². The molecule has 2 fully saturated rings. The van der Waals surface area contributed by atoms with Gasteiger partial charge in [0.15, 0.2) is 11.5 Å². The monoisotopic (exact) mass is 1610 g/mol. The summed E-state index contributed by atoms with van der Waals surface area (Å²) in [6.45, 7) is 13.3. The SMILES string of the molecule is CC(C)[C@@H](NC(=O)C[S@@](=O)Cc1cnn(-c2ccccc2)c1-n1cccc1)c1cccs1.Cc1nn(-c2nc(CC(=O)N3CCN(c4ccc(F)cc4)CC3)cs2)c(C)c1Cl.O=C(/C=C/c1ccc2c(c1)OCO2)N1CCN(c2cccc(C(F)(F)F)c2)CC1.O=C(O)CCCc1cn(Cc2ccc(F)cc2)c2ccccc12. The van der Waals surface area contributed by atoms with Crippen molar-refractivity contribution < 1.29 is 59.9 Å². The van der Waals surface area contributed by atoms with Gasteiger partial charge in [0.1, 0.15) is 23.2 Å². The lowest BCUT2D eigenvalue weighted by Crippen LogP contribution is -2.49. The highest BCUT2D eigenvalue weighted by atomic mass is 35.5. The number of rotatable bonds is 22. The summed E-state index contributed by atoms with van der Waals surface area (Å²) < 4.78 is 96.0. The van der Waals surface area contributed by atoms with Gasteiger partial charge in [-0.3, -0.25) is 23.4 Å². The molecule has 0 unspecified atom stereocenters. The molecule has 9 heterocycles. The van der Waals surface area contributed by atoms with Crippen molar-refractivity contribution in [3.8, 4) is 28.1 Å². The Labute approximate surface area is 666 Å². The second kappa shape index (κ2) is 37.9. The highest BCUT2D eigenvalue weighted by Gasteiger charge is 2.32. The fraction of sp³-hybridized carbons (Fsp3) is 0.274. The molecule has 0 saturated carbocycles. The van der Waals surface area contributed by atoms with E-state index < -0.39 is 28.5 Å². The van der Waals surface area contributed by atoms with Gasteiger partial charge in [-0.25, -0.2) is 23.1 Å². The van der Waals surface area contributed by atoms with Crippen LogP contribution in [0.5, 0.6) is 11.5 Å². The molecule has 12 aromatic rings. The molecule has 0 spiro atoms. The molecule has 20 nitrogen and oxygen atoms in total. The van der Waals surface area contributed by atoms with Crippen LogP contribution in [0.15, 0.2) is 211 Å². The molecule has 113 heavy (non-hydrogen) atoms. The Kier molecular flexibility index (Phi) is 27.3. The number of anilines is 2. The Bertz CT molecular complexity index is 5250. The van der Waals surface area contributed by atoms with E-state index in [2.05, 4.69) is 62.1 Å². The van der Waals surface area contributed by atoms with E-state index in [0.29, 0.717) is 79.6 Å². The predicted molar refractivity (Wildman–Crippen MR) is 432 cm³/mol. The number of hydrogen-bond donors (Lipinski definition) is 2. The second-order valence-electron chi connectivity index (χ2n) is 27.4. The summed E-state index contributed by atoms with van der Waals surface area (Å²) in [5.41, 5.74) is 9.04. The largest absolute Gasteiger partial charge is 0.481 e. The number of carboxylic acid groups (broad SMARTS) is 1. The maximum atomic E-state index is 13.1. The summed E-state index contributed by atoms with van der Waals surface area (Å²) in [7, 11) is -1.37. The van der Waals surface area contributed by atoms with Crippen LogP contribution in [0.4, 0.5) is 33.3 Å². The van der Waals surface area contributed by atoms with E-state index in [0.717, 1.165) is 104 Å². The molecule has 2 saturated heterocycles. The number of carbonyl (C=O) groups is 4. The molecule has 29 heteroatoms. The number of halogens is 6. The zero-order valence-corrected chi connectivity index (χ0v) is 65.7. The topological polar surface area (TPSA) is 207 Å². The number of thiophene rings is 1. The lowest BCUT2D eigenvalue weighted by molar-refractivity contribution is -0.138. The summed E-state index contributed by atoms with van der Waals surface area (Å²) in [6.07, 6.45) is 8.33. The number of para-hydroxylation sites is 2. The number of ether oxygens (including phenoxy) is 2. The summed E-state index contributed by atoms with van der Waals surface area (Å²) in [5, 5.41) is 27.2. The standard InChI is InChI=1S/C24H26N4O2S2.C21H19F3N2O3.C20H21ClFN5OS.C19H18FNO2/c1-18(2)23(21-11-8-14-31-21)26-22(29)17-32(30)16-19-15-25-28(20-9-4-3-5-10-20)24(19)27-12-6-7-13-27;22-21(23,24)16-2-1-3-17(13-16)25-8-10-26(11-9-25)20(27)7-5-15-4-6-18-19(12-15)29-14-28-18;1-13-19(21)14(2)27(24-13)20-23-16(12-29-20)11-18(28)26-9-7-25(8-10-26)17-5-3-15(22)4-6-17;20-16-10-8-14(9-11-16)12-21-13-15(4-3-7-19(22)23)17-5-1-2-6-18(17)21/h3-15,18,23H,16-17H2,1-2H3,(H,26,29);1-7,12-13H,8-11,14H2;3-6,12H,7-11H2,1-2H3;1-2,5-6,8-11,13H,3-4,7,12H2,(H,22,23)/b;7-5+;;/t23-,32+;;;/m1.../s1. The Balaban J connectivity index is 0.000000140. The number of piperazine rings is 2. The van der Waals surface area contributed by atoms with Gasteiger partial charge in [0.2, 0.25) is 29.6 Å². The third kappa shape index (κ3) is 21.5. The van der Waals surface area contributed by atoms with Gasteiger partial charge in [-0.1, -0.05) is 92.2 Å². The summed E-state index contributed by atoms with van der Waals surface area (Å²) in [5.74, 6) is 1.09. The predicted octanol–water partition coefficient (Wildman–Crippen LogP) is 16.1. The number of thiazole rings is 1. The molecule has 0 bridgehead atoms. The zero-order chi connectivity index (χ0) is 79.7. The minimum Gasteiger partial charge on any atom is -0.481 e. The maximum Gasteiger partial charge on any atom is 0.416 e. The van der Waals surface area contributed by atoms with Gasteiger partial charge < -0.3 is 48.6 Å². The molecular formula is C84H84ClF5N12O8S3. The van der Waals surface area contributed by atoms with E-state index in [4.69, 9.17) is 26.2 Å². The molecular weight excluding hydrogens is 1530 g/mol. The third-order valence-electron chi connectivity index (χ3n) is 19.1. The lowest BCUT2D eigenvalue weighted by atomic mass is 10.0. The number of aliphatic carboxylic acids is 1. The lowest BCUT2D eigenvalue weighted by Gasteiger charge is -2.36. The van der Waals surface area contributed by atoms with E-state index in [1.54, 1.807) is 75.7 Å². The summed E-state index contributed by atoms with van der Waals surface area (Å²) >= 11 is 9.28. The summed E-state index contributed by atoms with van der Waals surface area (Å²) in [6, 6.07) is 49.4. The maximum absolute atomic E-state index is 13.1. The second-order valence-corrected chi connectivity index (χ2v) is 31.0. The molecule has 0 radical (unpaired) electrons. The molecule has 3 amide bonds. The number of alkyl halides is 3. The first-order chi connectivity index (χ1) is 54.5. The van der Waals surface area contributed by atoms with E-state index >= 15 is 0 Å². The van der Waals surface area contributed by atoms with Crippen LogP contribution in [0.1, 0.15) is 82.5 Å². The van der Waals surface area contributed by atoms with Crippen molar-refractivity contribution in [3.63, 3.8) is 0 Å². The first-order valence-electron chi connectivity index (χ1n) is 36.7. The van der Waals surface area contributed by atoms with Gasteiger partial charge in [0, 0.05) is 139 Å². The third-order valence-corrected chi connectivity index (χ3v) is 22.7. The number of carbonyl (C=O) groups excluding carboxylic acids is 3. The molecule has 2 atom stereocenters. The van der Waals surface area contributed by atoms with Crippen LogP contribution in [-0.4, -0.2) is 141 Å². The molecule has 3 aliphatic rings. The van der Waals surface area contributed by atoms with E-state index in [9.17, 15) is 45.3 Å². The van der Waals surface area contributed by atoms with Crippen molar-refractivity contribution in [2.24, 2.45) is 5.92 Å². The number of nitrogens with one attached hydrogen (secondary N) is 1. The minimum atomic E-state index is -4.37. The molecule has 3 aliphatic heterocycles. The van der Waals surface area contributed by atoms with E-state index in [1.807, 2.05) is 129 Å². The number of carboxylic acids is 1. The number of aromatic nitrogens is 7. The van der Waals surface area contributed by atoms with Gasteiger partial charge in [-0.2, -0.15) is 23.4 Å². The fourth-order valence-corrected chi connectivity index (χ4v) is 16.2. The fourth-order valence-electron chi connectivity index (χ4n) is 13.2. The van der Waals surface area contributed by atoms with Gasteiger partial charge >= 0.3 is 12.1 Å². The van der Waals surface area contributed by atoms with Crippen LogP contribution in [0.2, 0.25) is 5.02 Å². The van der Waals surface area contributed by atoms with Crippen molar-refractivity contribution >= 4 is 97.1 Å². The Morgan fingerprint density at radius 2 is 1.39 bits per heavy atom. The van der Waals surface area contributed by atoms with Gasteiger partial charge in [0.05, 0.1) is 57.8 Å². The number of aryl methyl sites for hydroxylation is 2. The average molecular weight is 1620 g/mol. The number of hydrogen-bond acceptors (Lipinski definition) is 14. The quantitative estimate of drug-likeness (QED) is 0.0479. The molecule has 0 aliphatic carbocycles. The molecule has 588 valence electrons. The van der Waals surface area contributed by atoms with Gasteiger partial charge in [-0.05, 0) is 164 Å². The van der Waals surface area contributed by atoms with E-state index in [-0.39, 0.29) is 72.5 Å². The Hall–Kier alpha value is -11.2. The molecule has 15 rings (SSSR count). The zero-order valence-electron chi connectivity index (χ0n) is 62.5. The average Bonchev–Trinajstić information content (AvgIpc) is 1.62. The number of fused-ring (bicyclic) bond motifs is 2. The first-order valence-corrected chi connectivity index (χ1v) is 40.3. The van der Waals surface area contributed by atoms with Crippen molar-refractivity contribution in [2.75, 3.05) is 74.7 Å². The first kappa shape index (κ1) is 81.3. The number of benzene rings is 6. The van der Waals surface area contributed by atoms with Crippen molar-refractivity contribution in [3.05, 3.63) is 278 Å². The van der Waals surface area contributed by atoms with Crippen molar-refractivity contribution in [1.82, 2.24) is 48.8 Å². The number of nitrogens with zero attached hydrogens (tertiary/aromatic N) is 11. The van der Waals surface area contributed by atoms with Crippen LogP contribution in [0.3, 0.4) is 0 Å². The van der Waals surface area contributed by atoms with Crippen LogP contribution in [0, 0.1) is 31.4 Å². The normalized spacial score (nSPS) is 13.9. The molecule has 6 aromatic carbocycles. The van der Waals surface area contributed by atoms with Crippen LogP contribution < -0.4 is 24.6 Å². The minimum absolute atomic E-state index is 0.0454. The van der Waals surface area contributed by atoms with Crippen molar-refractivity contribution in [1.29, 1.82) is 0 Å². The Morgan fingerprint density at radius 1 is 0.717 bits per heavy atom. The molecule has 2 N–H and O–H groups in total. The van der Waals surface area contributed by atoms with Crippen LogP contribution in [-0.2, 0) is 61.3 Å². The molecule has 6 aromatic heterocycles. The summed E-state index contributed by atoms with van der Waals surface area (Å²) in [4.78, 5) is 61.8. The van der Waals surface area contributed by atoms with Crippen LogP contribution in [0.25, 0.3) is 33.6 Å².